The SMILES string of the molecule is N#Cc1cccc(-c2cccnc2C(Cc2cc(F)cc(F)c2)NC(O)Cc2c[nH]c3ccc(O)cc23)c1. The summed E-state index contributed by atoms with van der Waals surface area (Å²) in [6.07, 6.45) is 2.67. The molecule has 2 atom stereocenters. The molecule has 0 spiro atoms. The van der Waals surface area contributed by atoms with E-state index in [1.807, 2.05) is 12.1 Å². The highest BCUT2D eigenvalue weighted by Gasteiger charge is 2.23. The van der Waals surface area contributed by atoms with Gasteiger partial charge in [0.05, 0.1) is 23.4 Å². The lowest BCUT2D eigenvalue weighted by Gasteiger charge is -2.25. The minimum absolute atomic E-state index is 0.115. The summed E-state index contributed by atoms with van der Waals surface area (Å²) in [7, 11) is 0. The quantitative estimate of drug-likeness (QED) is 0.206. The number of hydrogen-bond donors (Lipinski definition) is 4. The predicted molar refractivity (Wildman–Crippen MR) is 140 cm³/mol. The molecule has 0 saturated carbocycles. The minimum Gasteiger partial charge on any atom is -0.508 e. The van der Waals surface area contributed by atoms with Crippen molar-refractivity contribution >= 4 is 10.9 Å². The number of benzene rings is 3. The largest absolute Gasteiger partial charge is 0.508 e. The summed E-state index contributed by atoms with van der Waals surface area (Å²) in [5.74, 6) is -1.27. The van der Waals surface area contributed by atoms with Crippen LogP contribution in [0.4, 0.5) is 8.78 Å². The molecule has 0 saturated heterocycles. The molecule has 0 bridgehead atoms. The average molecular weight is 511 g/mol. The number of nitriles is 1. The molecule has 5 rings (SSSR count). The maximum absolute atomic E-state index is 14.0. The highest BCUT2D eigenvalue weighted by molar-refractivity contribution is 5.84. The third-order valence-corrected chi connectivity index (χ3v) is 6.39. The van der Waals surface area contributed by atoms with Crippen molar-refractivity contribution in [1.82, 2.24) is 15.3 Å². The van der Waals surface area contributed by atoms with Crippen molar-refractivity contribution in [3.63, 3.8) is 0 Å². The summed E-state index contributed by atoms with van der Waals surface area (Å²) in [5, 5.41) is 34.3. The fraction of sp³-hybridized carbons (Fsp3) is 0.133. The highest BCUT2D eigenvalue weighted by Crippen LogP contribution is 2.30. The zero-order valence-corrected chi connectivity index (χ0v) is 20.2. The van der Waals surface area contributed by atoms with Crippen LogP contribution in [0.1, 0.15) is 28.4 Å². The minimum atomic E-state index is -1.06. The van der Waals surface area contributed by atoms with E-state index in [-0.39, 0.29) is 18.6 Å². The lowest BCUT2D eigenvalue weighted by molar-refractivity contribution is 0.121. The number of hydrogen-bond acceptors (Lipinski definition) is 5. The zero-order chi connectivity index (χ0) is 26.6. The fourth-order valence-electron chi connectivity index (χ4n) is 4.73. The number of phenols is 1. The van der Waals surface area contributed by atoms with Crippen LogP contribution >= 0.6 is 0 Å². The highest BCUT2D eigenvalue weighted by atomic mass is 19.1. The number of fused-ring (bicyclic) bond motifs is 1. The molecule has 2 heterocycles. The molecule has 0 aliphatic rings. The molecule has 0 aliphatic heterocycles. The molecule has 38 heavy (non-hydrogen) atoms. The standard InChI is InChI=1S/C30H24F2N4O2/c31-22-10-19(11-23(32)14-22)12-28(30-25(5-2-8-34-30)20-4-1-3-18(9-20)16-33)36-29(38)13-21-17-35-27-7-6-24(37)15-26(21)27/h1-11,14-15,17,28-29,35-38H,12-13H2. The van der Waals surface area contributed by atoms with E-state index in [1.165, 1.54) is 12.1 Å². The van der Waals surface area contributed by atoms with Crippen LogP contribution in [0.2, 0.25) is 0 Å². The Morgan fingerprint density at radius 1 is 0.974 bits per heavy atom. The molecule has 0 amide bonds. The van der Waals surface area contributed by atoms with Gasteiger partial charge in [-0.05, 0) is 71.6 Å². The second-order valence-electron chi connectivity index (χ2n) is 9.09. The number of aliphatic hydroxyl groups is 1. The molecule has 0 radical (unpaired) electrons. The Morgan fingerprint density at radius 3 is 2.58 bits per heavy atom. The van der Waals surface area contributed by atoms with Crippen molar-refractivity contribution in [2.75, 3.05) is 0 Å². The number of aliphatic hydroxyl groups excluding tert-OH is 1. The topological polar surface area (TPSA) is 105 Å². The third kappa shape index (κ3) is 5.54. The van der Waals surface area contributed by atoms with Gasteiger partial charge < -0.3 is 15.2 Å². The second-order valence-corrected chi connectivity index (χ2v) is 9.09. The number of aromatic nitrogens is 2. The van der Waals surface area contributed by atoms with Crippen molar-refractivity contribution in [3.05, 3.63) is 119 Å². The van der Waals surface area contributed by atoms with E-state index in [1.54, 1.807) is 54.9 Å². The van der Waals surface area contributed by atoms with Crippen LogP contribution in [0.3, 0.4) is 0 Å². The van der Waals surface area contributed by atoms with Crippen molar-refractivity contribution in [2.45, 2.75) is 25.1 Å². The average Bonchev–Trinajstić information content (AvgIpc) is 3.29. The summed E-state index contributed by atoms with van der Waals surface area (Å²) in [5.41, 5.74) is 4.52. The van der Waals surface area contributed by atoms with E-state index < -0.39 is 23.9 Å². The number of H-pyrrole nitrogens is 1. The summed E-state index contributed by atoms with van der Waals surface area (Å²) >= 11 is 0. The number of pyridine rings is 1. The van der Waals surface area contributed by atoms with Gasteiger partial charge in [-0.25, -0.2) is 8.78 Å². The monoisotopic (exact) mass is 510 g/mol. The Hall–Kier alpha value is -4.58. The van der Waals surface area contributed by atoms with E-state index >= 15 is 0 Å². The van der Waals surface area contributed by atoms with Crippen molar-refractivity contribution in [1.29, 1.82) is 5.26 Å². The van der Waals surface area contributed by atoms with Gasteiger partial charge in [-0.1, -0.05) is 18.2 Å². The Balaban J connectivity index is 1.50. The van der Waals surface area contributed by atoms with Crippen molar-refractivity contribution < 1.29 is 19.0 Å². The predicted octanol–water partition coefficient (Wildman–Crippen LogP) is 5.52. The number of rotatable bonds is 8. The molecule has 0 fully saturated rings. The maximum atomic E-state index is 14.0. The lowest BCUT2D eigenvalue weighted by atomic mass is 9.94. The number of aromatic amines is 1. The van der Waals surface area contributed by atoms with Crippen LogP contribution in [-0.2, 0) is 12.8 Å². The molecule has 190 valence electrons. The number of halogens is 2. The summed E-state index contributed by atoms with van der Waals surface area (Å²) in [6, 6.07) is 20.5. The Labute approximate surface area is 217 Å². The van der Waals surface area contributed by atoms with E-state index in [9.17, 15) is 24.3 Å². The van der Waals surface area contributed by atoms with Crippen molar-refractivity contribution in [3.8, 4) is 22.9 Å². The van der Waals surface area contributed by atoms with Crippen LogP contribution in [-0.4, -0.2) is 26.4 Å². The first kappa shape index (κ1) is 25.1. The number of nitrogens with one attached hydrogen (secondary N) is 2. The Kier molecular flexibility index (Phi) is 7.13. The van der Waals surface area contributed by atoms with E-state index in [4.69, 9.17) is 0 Å². The summed E-state index contributed by atoms with van der Waals surface area (Å²) in [6.45, 7) is 0. The molecule has 3 aromatic carbocycles. The smallest absolute Gasteiger partial charge is 0.126 e. The normalized spacial score (nSPS) is 12.8. The lowest BCUT2D eigenvalue weighted by Crippen LogP contribution is -2.36. The molecule has 5 aromatic rings. The summed E-state index contributed by atoms with van der Waals surface area (Å²) < 4.78 is 28.0. The van der Waals surface area contributed by atoms with Gasteiger partial charge in [0.2, 0.25) is 0 Å². The van der Waals surface area contributed by atoms with Crippen molar-refractivity contribution in [2.24, 2.45) is 0 Å². The van der Waals surface area contributed by atoms with E-state index in [2.05, 4.69) is 21.4 Å². The molecule has 2 unspecified atom stereocenters. The first-order valence-corrected chi connectivity index (χ1v) is 12.0. The molecule has 6 nitrogen and oxygen atoms in total. The van der Waals surface area contributed by atoms with E-state index in [0.717, 1.165) is 33.7 Å². The van der Waals surface area contributed by atoms with Crippen LogP contribution in [0.5, 0.6) is 5.75 Å². The molecular formula is C30H24F2N4O2. The van der Waals surface area contributed by atoms with Gasteiger partial charge in [0.15, 0.2) is 0 Å². The molecule has 0 aliphatic carbocycles. The van der Waals surface area contributed by atoms with E-state index in [0.29, 0.717) is 16.8 Å². The zero-order valence-electron chi connectivity index (χ0n) is 20.2. The van der Waals surface area contributed by atoms with Crippen LogP contribution in [0, 0.1) is 23.0 Å². The first-order valence-electron chi connectivity index (χ1n) is 12.0. The van der Waals surface area contributed by atoms with Crippen LogP contribution in [0.25, 0.3) is 22.0 Å². The Morgan fingerprint density at radius 2 is 1.79 bits per heavy atom. The first-order chi connectivity index (χ1) is 18.4. The molecule has 2 aromatic heterocycles. The number of nitrogens with zero attached hydrogens (tertiary/aromatic N) is 2. The summed E-state index contributed by atoms with van der Waals surface area (Å²) in [4.78, 5) is 7.71. The second kappa shape index (κ2) is 10.8. The van der Waals surface area contributed by atoms with Gasteiger partial charge in [0, 0.05) is 41.3 Å². The third-order valence-electron chi connectivity index (χ3n) is 6.39. The maximum Gasteiger partial charge on any atom is 0.126 e. The van der Waals surface area contributed by atoms with Gasteiger partial charge in [0.1, 0.15) is 23.6 Å². The number of phenolic OH excluding ortho intramolecular Hbond substituents is 1. The molecular weight excluding hydrogens is 486 g/mol. The van der Waals surface area contributed by atoms with Crippen LogP contribution in [0.15, 0.2) is 85.2 Å². The van der Waals surface area contributed by atoms with Crippen LogP contribution < -0.4 is 5.32 Å². The molecule has 4 N–H and O–H groups in total. The Bertz CT molecular complexity index is 1620. The van der Waals surface area contributed by atoms with Gasteiger partial charge in [0.25, 0.3) is 0 Å². The molecule has 8 heteroatoms. The van der Waals surface area contributed by atoms with Gasteiger partial charge in [-0.2, -0.15) is 5.26 Å². The fourth-order valence-corrected chi connectivity index (χ4v) is 4.73. The van der Waals surface area contributed by atoms with Gasteiger partial charge in [-0.3, -0.25) is 10.3 Å². The van der Waals surface area contributed by atoms with Gasteiger partial charge in [-0.15, -0.1) is 0 Å². The number of aromatic hydroxyl groups is 1. The van der Waals surface area contributed by atoms with Gasteiger partial charge >= 0.3 is 0 Å².